The Hall–Kier alpha value is -3.68. The van der Waals surface area contributed by atoms with E-state index in [2.05, 4.69) is 9.97 Å². The number of para-hydroxylation sites is 1. The number of fused-ring (bicyclic) bond motifs is 2. The zero-order valence-corrected chi connectivity index (χ0v) is 18.2. The molecular formula is C25H19ClN2O5. The molecule has 0 aliphatic carbocycles. The second-order valence-corrected chi connectivity index (χ2v) is 8.04. The fourth-order valence-corrected chi connectivity index (χ4v) is 4.12. The highest BCUT2D eigenvalue weighted by Crippen LogP contribution is 2.32. The van der Waals surface area contributed by atoms with Gasteiger partial charge in [-0.2, -0.15) is 0 Å². The number of nitrogens with one attached hydrogen (secondary N) is 1. The van der Waals surface area contributed by atoms with E-state index in [0.29, 0.717) is 50.8 Å². The number of ether oxygens (including phenoxy) is 3. The first-order valence-electron chi connectivity index (χ1n) is 10.3. The third-order valence-electron chi connectivity index (χ3n) is 5.37. The summed E-state index contributed by atoms with van der Waals surface area (Å²) in [5.41, 5.74) is 2.96. The molecule has 0 amide bonds. The minimum Gasteiger partial charge on any atom is -0.467 e. The third-order valence-corrected chi connectivity index (χ3v) is 5.59. The highest BCUT2D eigenvalue weighted by atomic mass is 35.5. The van der Waals surface area contributed by atoms with Gasteiger partial charge in [0.1, 0.15) is 18.2 Å². The quantitative estimate of drug-likeness (QED) is 0.442. The Kier molecular flexibility index (Phi) is 5.81. The lowest BCUT2D eigenvalue weighted by Crippen LogP contribution is -2.15. The Morgan fingerprint density at radius 1 is 1.09 bits per heavy atom. The summed E-state index contributed by atoms with van der Waals surface area (Å²) in [6.07, 6.45) is 0.276. The van der Waals surface area contributed by atoms with Gasteiger partial charge in [0.25, 0.3) is 5.56 Å². The number of halogens is 1. The van der Waals surface area contributed by atoms with Crippen molar-refractivity contribution < 1.29 is 19.0 Å². The monoisotopic (exact) mass is 462 g/mol. The van der Waals surface area contributed by atoms with E-state index < -0.39 is 5.97 Å². The van der Waals surface area contributed by atoms with Gasteiger partial charge in [-0.25, -0.2) is 9.78 Å². The van der Waals surface area contributed by atoms with Crippen molar-refractivity contribution in [2.45, 2.75) is 19.6 Å². The van der Waals surface area contributed by atoms with Gasteiger partial charge in [-0.05, 0) is 35.9 Å². The van der Waals surface area contributed by atoms with Crippen molar-refractivity contribution in [3.8, 4) is 5.75 Å². The number of nitrogens with zero attached hydrogens (tertiary/aromatic N) is 1. The molecule has 0 unspecified atom stereocenters. The molecule has 33 heavy (non-hydrogen) atoms. The van der Waals surface area contributed by atoms with Crippen LogP contribution in [0.4, 0.5) is 0 Å². The van der Waals surface area contributed by atoms with Crippen LogP contribution in [0.2, 0.25) is 5.02 Å². The van der Waals surface area contributed by atoms with Crippen LogP contribution in [0.5, 0.6) is 5.75 Å². The van der Waals surface area contributed by atoms with Crippen molar-refractivity contribution in [2.75, 3.05) is 6.79 Å². The number of rotatable bonds is 5. The van der Waals surface area contributed by atoms with Crippen LogP contribution in [-0.4, -0.2) is 22.7 Å². The van der Waals surface area contributed by atoms with Gasteiger partial charge in [-0.3, -0.25) is 4.79 Å². The maximum atomic E-state index is 12.9. The molecule has 2 heterocycles. The van der Waals surface area contributed by atoms with Gasteiger partial charge in [0, 0.05) is 22.6 Å². The zero-order chi connectivity index (χ0) is 22.8. The molecule has 166 valence electrons. The Bertz CT molecular complexity index is 1420. The van der Waals surface area contributed by atoms with Crippen molar-refractivity contribution in [2.24, 2.45) is 0 Å². The van der Waals surface area contributed by atoms with E-state index in [1.807, 2.05) is 18.2 Å². The summed E-state index contributed by atoms with van der Waals surface area (Å²) < 4.78 is 16.5. The molecule has 0 radical (unpaired) electrons. The van der Waals surface area contributed by atoms with Gasteiger partial charge in [0.2, 0.25) is 0 Å². The number of carbonyl (C=O) groups excluding carboxylic acids is 1. The van der Waals surface area contributed by atoms with E-state index in [1.54, 1.807) is 42.5 Å². The van der Waals surface area contributed by atoms with Crippen molar-refractivity contribution in [3.63, 3.8) is 0 Å². The number of hydrogen-bond donors (Lipinski definition) is 1. The van der Waals surface area contributed by atoms with E-state index in [9.17, 15) is 9.59 Å². The van der Waals surface area contributed by atoms with Crippen molar-refractivity contribution in [1.82, 2.24) is 9.97 Å². The lowest BCUT2D eigenvalue weighted by molar-refractivity contribution is -0.0180. The Morgan fingerprint density at radius 2 is 1.91 bits per heavy atom. The largest absolute Gasteiger partial charge is 0.467 e. The molecule has 0 bridgehead atoms. The van der Waals surface area contributed by atoms with E-state index in [1.165, 1.54) is 0 Å². The number of aromatic nitrogens is 2. The molecule has 8 heteroatoms. The Labute approximate surface area is 193 Å². The van der Waals surface area contributed by atoms with Gasteiger partial charge < -0.3 is 19.2 Å². The van der Waals surface area contributed by atoms with Crippen LogP contribution < -0.4 is 10.3 Å². The lowest BCUT2D eigenvalue weighted by Gasteiger charge is -2.21. The number of hydrogen-bond acceptors (Lipinski definition) is 6. The average molecular weight is 463 g/mol. The summed E-state index contributed by atoms with van der Waals surface area (Å²) >= 11 is 6.20. The molecule has 0 atom stereocenters. The predicted octanol–water partition coefficient (Wildman–Crippen LogP) is 4.39. The molecule has 0 fully saturated rings. The minimum absolute atomic E-state index is 0.00111. The summed E-state index contributed by atoms with van der Waals surface area (Å²) in [7, 11) is 0. The summed E-state index contributed by atoms with van der Waals surface area (Å²) in [4.78, 5) is 32.7. The molecule has 1 aromatic heterocycles. The zero-order valence-electron chi connectivity index (χ0n) is 17.5. The second kappa shape index (κ2) is 9.05. The predicted molar refractivity (Wildman–Crippen MR) is 122 cm³/mol. The molecule has 0 saturated heterocycles. The summed E-state index contributed by atoms with van der Waals surface area (Å²) in [6.45, 7) is 0.521. The maximum Gasteiger partial charge on any atom is 0.338 e. The van der Waals surface area contributed by atoms with Gasteiger partial charge >= 0.3 is 5.97 Å². The van der Waals surface area contributed by atoms with Gasteiger partial charge in [0.15, 0.2) is 6.79 Å². The van der Waals surface area contributed by atoms with Crippen LogP contribution in [0, 0.1) is 0 Å². The number of aromatic amines is 1. The van der Waals surface area contributed by atoms with Crippen LogP contribution in [0.1, 0.15) is 32.9 Å². The molecule has 3 aromatic carbocycles. The SMILES string of the molecule is O=C(OCc1cc(Cl)cc2c1OCOC2)c1ccccc1Cc1nc2ccccc2c(=O)[nH]1. The summed E-state index contributed by atoms with van der Waals surface area (Å²) in [5, 5.41) is 1.03. The summed E-state index contributed by atoms with van der Waals surface area (Å²) in [6, 6.07) is 17.7. The first-order chi connectivity index (χ1) is 16.1. The van der Waals surface area contributed by atoms with Crippen LogP contribution in [0.25, 0.3) is 10.9 Å². The fraction of sp³-hybridized carbons (Fsp3) is 0.160. The Balaban J connectivity index is 1.38. The summed E-state index contributed by atoms with van der Waals surface area (Å²) in [5.74, 6) is 0.607. The molecule has 5 rings (SSSR count). The Morgan fingerprint density at radius 3 is 2.82 bits per heavy atom. The molecule has 1 N–H and O–H groups in total. The van der Waals surface area contributed by atoms with E-state index >= 15 is 0 Å². The van der Waals surface area contributed by atoms with E-state index in [-0.39, 0.29) is 25.4 Å². The van der Waals surface area contributed by atoms with Gasteiger partial charge in [-0.1, -0.05) is 41.9 Å². The third kappa shape index (κ3) is 4.46. The first kappa shape index (κ1) is 21.2. The van der Waals surface area contributed by atoms with E-state index in [0.717, 1.165) is 5.56 Å². The van der Waals surface area contributed by atoms with Crippen LogP contribution in [0.3, 0.4) is 0 Å². The first-order valence-corrected chi connectivity index (χ1v) is 10.7. The van der Waals surface area contributed by atoms with Crippen LogP contribution in [-0.2, 0) is 29.1 Å². The topological polar surface area (TPSA) is 90.5 Å². The van der Waals surface area contributed by atoms with Crippen molar-refractivity contribution in [3.05, 3.63) is 104 Å². The molecule has 4 aromatic rings. The number of H-pyrrole nitrogens is 1. The molecule has 0 spiro atoms. The van der Waals surface area contributed by atoms with Crippen LogP contribution >= 0.6 is 11.6 Å². The number of esters is 1. The molecule has 0 saturated carbocycles. The minimum atomic E-state index is -0.491. The highest BCUT2D eigenvalue weighted by Gasteiger charge is 2.19. The smallest absolute Gasteiger partial charge is 0.338 e. The van der Waals surface area contributed by atoms with Gasteiger partial charge in [0.05, 0.1) is 23.1 Å². The van der Waals surface area contributed by atoms with E-state index in [4.69, 9.17) is 25.8 Å². The standard InChI is InChI=1S/C25H19ClN2O5/c26-18-9-16-12-31-14-33-23(16)17(10-18)13-32-25(30)19-6-2-1-5-15(19)11-22-27-21-8-4-3-7-20(21)24(29)28-22/h1-10H,11-14H2,(H,27,28,29). The lowest BCUT2D eigenvalue weighted by atomic mass is 10.0. The van der Waals surface area contributed by atoms with Crippen molar-refractivity contribution in [1.29, 1.82) is 0 Å². The van der Waals surface area contributed by atoms with Crippen LogP contribution in [0.15, 0.2) is 65.5 Å². The number of carbonyl (C=O) groups is 1. The fourth-order valence-electron chi connectivity index (χ4n) is 3.86. The normalized spacial score (nSPS) is 12.8. The molecule has 7 nitrogen and oxygen atoms in total. The highest BCUT2D eigenvalue weighted by molar-refractivity contribution is 6.30. The molecular weight excluding hydrogens is 444 g/mol. The maximum absolute atomic E-state index is 12.9. The van der Waals surface area contributed by atoms with Crippen molar-refractivity contribution >= 4 is 28.5 Å². The molecule has 1 aliphatic rings. The van der Waals surface area contributed by atoms with Gasteiger partial charge in [-0.15, -0.1) is 0 Å². The average Bonchev–Trinajstić information content (AvgIpc) is 2.82. The number of benzene rings is 3. The second-order valence-electron chi connectivity index (χ2n) is 7.60. The molecule has 1 aliphatic heterocycles.